The highest BCUT2D eigenvalue weighted by molar-refractivity contribution is 6.31. The van der Waals surface area contributed by atoms with Crippen LogP contribution in [0, 0.1) is 0 Å². The Kier molecular flexibility index (Phi) is 8.01. The lowest BCUT2D eigenvalue weighted by Gasteiger charge is -2.37. The monoisotopic (exact) mass is 544 g/mol. The molecular weight excluding hydrogens is 512 g/mol. The number of aromatic nitrogens is 2. The summed E-state index contributed by atoms with van der Waals surface area (Å²) < 4.78 is 17.2. The van der Waals surface area contributed by atoms with Crippen molar-refractivity contribution in [2.45, 2.75) is 43.3 Å². The Morgan fingerprint density at radius 3 is 2.76 bits per heavy atom. The lowest BCUT2D eigenvalue weighted by molar-refractivity contribution is -0.111. The van der Waals surface area contributed by atoms with E-state index >= 15 is 0 Å². The van der Waals surface area contributed by atoms with Crippen LogP contribution in [-0.2, 0) is 14.3 Å². The number of hydrogen-bond acceptors (Lipinski definition) is 10. The molecule has 204 valence electrons. The van der Waals surface area contributed by atoms with Gasteiger partial charge in [0, 0.05) is 24.8 Å². The minimum Gasteiger partial charge on any atom is -0.468 e. The highest BCUT2D eigenvalue weighted by atomic mass is 35.5. The smallest absolute Gasteiger partial charge is 0.247 e. The molecule has 0 spiro atoms. The number of halogens is 1. The van der Waals surface area contributed by atoms with Crippen molar-refractivity contribution in [2.75, 3.05) is 55.9 Å². The fraction of sp³-hybridized carbons (Fsp3) is 0.500. The highest BCUT2D eigenvalue weighted by Crippen LogP contribution is 2.34. The molecule has 0 bridgehead atoms. The Morgan fingerprint density at radius 2 is 2.03 bits per heavy atom. The maximum absolute atomic E-state index is 12.2. The normalized spacial score (nSPS) is 25.3. The molecule has 1 aromatic carbocycles. The zero-order chi connectivity index (χ0) is 26.8. The van der Waals surface area contributed by atoms with Crippen LogP contribution in [0.4, 0.5) is 23.0 Å². The van der Waals surface area contributed by atoms with Crippen LogP contribution in [0.25, 0.3) is 0 Å². The van der Waals surface area contributed by atoms with Crippen molar-refractivity contribution in [1.82, 2.24) is 14.9 Å². The average Bonchev–Trinajstić information content (AvgIpc) is 3.49. The van der Waals surface area contributed by atoms with Gasteiger partial charge in [0.2, 0.25) is 17.7 Å². The number of nitrogens with zero attached hydrogens (tertiary/aromatic N) is 4. The topological polar surface area (TPSA) is 121 Å². The Bertz CT molecular complexity index is 1170. The van der Waals surface area contributed by atoms with Crippen LogP contribution in [0.15, 0.2) is 37.1 Å². The molecule has 11 nitrogen and oxygen atoms in total. The lowest BCUT2D eigenvalue weighted by atomic mass is 10.0. The first kappa shape index (κ1) is 26.6. The van der Waals surface area contributed by atoms with Crippen LogP contribution in [0.1, 0.15) is 12.8 Å². The number of benzene rings is 1. The van der Waals surface area contributed by atoms with Gasteiger partial charge in [-0.05, 0) is 51.2 Å². The third-order valence-corrected chi connectivity index (χ3v) is 7.45. The molecule has 5 rings (SSSR count). The fourth-order valence-electron chi connectivity index (χ4n) is 5.11. The fourth-order valence-corrected chi connectivity index (χ4v) is 5.24. The van der Waals surface area contributed by atoms with Crippen molar-refractivity contribution in [3.63, 3.8) is 0 Å². The number of anilines is 4. The number of aliphatic hydroxyl groups is 1. The summed E-state index contributed by atoms with van der Waals surface area (Å²) in [7, 11) is 4.22. The zero-order valence-corrected chi connectivity index (χ0v) is 22.2. The summed E-state index contributed by atoms with van der Waals surface area (Å²) >= 11 is 6.31. The van der Waals surface area contributed by atoms with Crippen LogP contribution in [0.5, 0.6) is 5.88 Å². The summed E-state index contributed by atoms with van der Waals surface area (Å²) in [6.45, 7) is 5.82. The molecule has 2 aromatic rings. The lowest BCUT2D eigenvalue weighted by Crippen LogP contribution is -2.42. The molecular formula is C26H33ClN6O5. The van der Waals surface area contributed by atoms with Crippen LogP contribution in [0.2, 0.25) is 5.02 Å². The van der Waals surface area contributed by atoms with Gasteiger partial charge in [0.15, 0.2) is 6.10 Å². The molecule has 3 aliphatic heterocycles. The third-order valence-electron chi connectivity index (χ3n) is 7.19. The van der Waals surface area contributed by atoms with Crippen molar-refractivity contribution in [1.29, 1.82) is 0 Å². The molecule has 3 aliphatic rings. The molecule has 12 heteroatoms. The Morgan fingerprint density at radius 1 is 1.26 bits per heavy atom. The highest BCUT2D eigenvalue weighted by Gasteiger charge is 2.48. The molecule has 3 fully saturated rings. The summed E-state index contributed by atoms with van der Waals surface area (Å²) in [4.78, 5) is 25.5. The standard InChI is InChI=1S/C26H33ClN6O5/c1-4-22(35)30-18-11-15(5-6-19(18)33-9-7-16(8-10-33)32(2)3)29-26-28-12-17(27)25(31-26)38-21-14-37-23-20(34)13-36-24(21)23/h4-6,11-12,16,20-21,23-24,34H,1,7-10,13-14H2,2-3H3,(H,30,35)(H,28,29,31)/t20-,21-,23-,24-/m1/s1. The summed E-state index contributed by atoms with van der Waals surface area (Å²) in [5.74, 6) is 0.165. The van der Waals surface area contributed by atoms with Crippen molar-refractivity contribution in [2.24, 2.45) is 0 Å². The van der Waals surface area contributed by atoms with Crippen molar-refractivity contribution >= 4 is 40.5 Å². The maximum Gasteiger partial charge on any atom is 0.247 e. The molecule has 3 N–H and O–H groups in total. The predicted octanol–water partition coefficient (Wildman–Crippen LogP) is 2.43. The van der Waals surface area contributed by atoms with E-state index < -0.39 is 18.3 Å². The summed E-state index contributed by atoms with van der Waals surface area (Å²) in [6.07, 6.45) is 2.85. The second kappa shape index (κ2) is 11.4. The number of fused-ring (bicyclic) bond motifs is 1. The Balaban J connectivity index is 1.32. The molecule has 0 saturated carbocycles. The minimum atomic E-state index is -0.676. The van der Waals surface area contributed by atoms with Crippen molar-refractivity contribution < 1.29 is 24.1 Å². The Hall–Kier alpha value is -2.96. The van der Waals surface area contributed by atoms with E-state index in [-0.39, 0.29) is 42.1 Å². The first-order chi connectivity index (χ1) is 18.3. The average molecular weight is 545 g/mol. The molecule has 4 atom stereocenters. The van der Waals surface area contributed by atoms with E-state index in [1.807, 2.05) is 18.2 Å². The van der Waals surface area contributed by atoms with Crippen LogP contribution in [-0.4, -0.2) is 96.7 Å². The van der Waals surface area contributed by atoms with Crippen molar-refractivity contribution in [3.8, 4) is 5.88 Å². The summed E-state index contributed by atoms with van der Waals surface area (Å²) in [5.41, 5.74) is 2.29. The van der Waals surface area contributed by atoms with E-state index in [1.54, 1.807) is 0 Å². The SMILES string of the molecule is C=CC(=O)Nc1cc(Nc2ncc(Cl)c(O[C@@H]3CO[C@H]4[C@@H]3OC[C@H]4O)n2)ccc1N1CCC(N(C)C)CC1. The van der Waals surface area contributed by atoms with Gasteiger partial charge >= 0.3 is 0 Å². The second-order valence-electron chi connectivity index (χ2n) is 9.90. The maximum atomic E-state index is 12.2. The predicted molar refractivity (Wildman–Crippen MR) is 144 cm³/mol. The molecule has 1 amide bonds. The number of aliphatic hydroxyl groups excluding tert-OH is 1. The van der Waals surface area contributed by atoms with E-state index in [0.717, 1.165) is 31.6 Å². The van der Waals surface area contributed by atoms with E-state index in [2.05, 4.69) is 51.1 Å². The van der Waals surface area contributed by atoms with Gasteiger partial charge in [-0.25, -0.2) is 4.98 Å². The molecule has 38 heavy (non-hydrogen) atoms. The molecule has 0 aliphatic carbocycles. The zero-order valence-electron chi connectivity index (χ0n) is 21.5. The van der Waals surface area contributed by atoms with Crippen LogP contribution < -0.4 is 20.3 Å². The van der Waals surface area contributed by atoms with Gasteiger partial charge < -0.3 is 39.8 Å². The van der Waals surface area contributed by atoms with Gasteiger partial charge in [-0.1, -0.05) is 18.2 Å². The summed E-state index contributed by atoms with van der Waals surface area (Å²) in [6, 6.07) is 6.28. The van der Waals surface area contributed by atoms with Gasteiger partial charge in [0.1, 0.15) is 23.3 Å². The number of rotatable bonds is 8. The van der Waals surface area contributed by atoms with Crippen LogP contribution >= 0.6 is 11.6 Å². The molecule has 1 aromatic heterocycles. The van der Waals surface area contributed by atoms with E-state index in [4.69, 9.17) is 25.8 Å². The first-order valence-corrected chi connectivity index (χ1v) is 13.1. The largest absolute Gasteiger partial charge is 0.468 e. The van der Waals surface area contributed by atoms with Crippen molar-refractivity contribution in [3.05, 3.63) is 42.1 Å². The number of amides is 1. The number of piperidine rings is 1. The molecule has 4 heterocycles. The molecule has 0 radical (unpaired) electrons. The van der Waals surface area contributed by atoms with E-state index in [1.165, 1.54) is 12.3 Å². The van der Waals surface area contributed by atoms with Crippen LogP contribution in [0.3, 0.4) is 0 Å². The number of nitrogens with one attached hydrogen (secondary N) is 2. The van der Waals surface area contributed by atoms with Gasteiger partial charge in [-0.2, -0.15) is 4.98 Å². The van der Waals surface area contributed by atoms with E-state index in [0.29, 0.717) is 17.4 Å². The van der Waals surface area contributed by atoms with Gasteiger partial charge in [-0.15, -0.1) is 0 Å². The molecule has 0 unspecified atom stereocenters. The number of carbonyl (C=O) groups excluding carboxylic acids is 1. The second-order valence-corrected chi connectivity index (χ2v) is 10.3. The van der Waals surface area contributed by atoms with E-state index in [9.17, 15) is 9.90 Å². The number of carbonyl (C=O) groups is 1. The third kappa shape index (κ3) is 5.71. The first-order valence-electron chi connectivity index (χ1n) is 12.7. The van der Waals surface area contributed by atoms with Gasteiger partial charge in [-0.3, -0.25) is 4.79 Å². The number of ether oxygens (including phenoxy) is 3. The minimum absolute atomic E-state index is 0.184. The van der Waals surface area contributed by atoms with Gasteiger partial charge in [0.25, 0.3) is 0 Å². The Labute approximate surface area is 226 Å². The quantitative estimate of drug-likeness (QED) is 0.427. The molecule has 3 saturated heterocycles. The number of hydrogen-bond donors (Lipinski definition) is 3. The van der Waals surface area contributed by atoms with Gasteiger partial charge in [0.05, 0.1) is 30.8 Å². The summed E-state index contributed by atoms with van der Waals surface area (Å²) in [5, 5.41) is 16.3.